The molecule has 2 fully saturated rings. The molecule has 6 nitrogen and oxygen atoms in total. The first-order valence-electron chi connectivity index (χ1n) is 5.63. The summed E-state index contributed by atoms with van der Waals surface area (Å²) in [6.07, 6.45) is 1.69. The topological polar surface area (TPSA) is 84.7 Å². The van der Waals surface area contributed by atoms with Crippen LogP contribution in [0, 0.1) is 0 Å². The Hall–Kier alpha value is -0.210. The number of hydrogen-bond donors (Lipinski definition) is 2. The average molecular weight is 249 g/mol. The van der Waals surface area contributed by atoms with Gasteiger partial charge in [-0.05, 0) is 19.8 Å². The molecule has 7 heteroatoms. The van der Waals surface area contributed by atoms with Crippen LogP contribution in [-0.2, 0) is 14.9 Å². The van der Waals surface area contributed by atoms with Crippen molar-refractivity contribution in [1.82, 2.24) is 9.03 Å². The third-order valence-corrected chi connectivity index (χ3v) is 4.52. The van der Waals surface area contributed by atoms with Crippen LogP contribution in [-0.4, -0.2) is 50.6 Å². The molecule has 16 heavy (non-hydrogen) atoms. The lowest BCUT2D eigenvalue weighted by Gasteiger charge is -2.33. The Morgan fingerprint density at radius 1 is 1.50 bits per heavy atom. The quantitative estimate of drug-likeness (QED) is 0.671. The maximum Gasteiger partial charge on any atom is 0.279 e. The van der Waals surface area contributed by atoms with E-state index < -0.39 is 10.2 Å². The highest BCUT2D eigenvalue weighted by atomic mass is 32.2. The lowest BCUT2D eigenvalue weighted by atomic mass is 10.2. The third kappa shape index (κ3) is 2.92. The van der Waals surface area contributed by atoms with Crippen LogP contribution in [0.2, 0.25) is 0 Å². The summed E-state index contributed by atoms with van der Waals surface area (Å²) in [7, 11) is -3.34. The molecule has 2 atom stereocenters. The van der Waals surface area contributed by atoms with Gasteiger partial charge in [0, 0.05) is 25.2 Å². The number of nitrogens with two attached hydrogens (primary N) is 1. The molecule has 2 unspecified atom stereocenters. The second kappa shape index (κ2) is 4.58. The SMILES string of the molecule is CC(N)C1CN(S(=O)(=O)NC2CC2)CCO1. The van der Waals surface area contributed by atoms with Crippen molar-refractivity contribution in [2.75, 3.05) is 19.7 Å². The number of nitrogens with one attached hydrogen (secondary N) is 1. The predicted molar refractivity (Wildman–Crippen MR) is 60.0 cm³/mol. The van der Waals surface area contributed by atoms with E-state index in [0.717, 1.165) is 12.8 Å². The van der Waals surface area contributed by atoms with Gasteiger partial charge in [0.25, 0.3) is 10.2 Å². The first kappa shape index (κ1) is 12.3. The van der Waals surface area contributed by atoms with Gasteiger partial charge in [-0.25, -0.2) is 0 Å². The first-order chi connectivity index (χ1) is 7.49. The summed E-state index contributed by atoms with van der Waals surface area (Å²) >= 11 is 0. The van der Waals surface area contributed by atoms with Crippen LogP contribution < -0.4 is 10.5 Å². The Kier molecular flexibility index (Phi) is 3.50. The van der Waals surface area contributed by atoms with Crippen molar-refractivity contribution in [2.45, 2.75) is 38.0 Å². The van der Waals surface area contributed by atoms with Crippen LogP contribution in [0.15, 0.2) is 0 Å². The monoisotopic (exact) mass is 249 g/mol. The van der Waals surface area contributed by atoms with E-state index in [-0.39, 0.29) is 18.2 Å². The number of nitrogens with zero attached hydrogens (tertiary/aromatic N) is 1. The smallest absolute Gasteiger partial charge is 0.279 e. The van der Waals surface area contributed by atoms with E-state index >= 15 is 0 Å². The molecule has 1 aliphatic carbocycles. The fourth-order valence-corrected chi connectivity index (χ4v) is 3.14. The van der Waals surface area contributed by atoms with Gasteiger partial charge < -0.3 is 10.5 Å². The molecule has 0 amide bonds. The highest BCUT2D eigenvalue weighted by Crippen LogP contribution is 2.21. The average Bonchev–Trinajstić information content (AvgIpc) is 3.01. The number of morpholine rings is 1. The lowest BCUT2D eigenvalue weighted by Crippen LogP contribution is -2.54. The minimum atomic E-state index is -3.34. The van der Waals surface area contributed by atoms with Crippen molar-refractivity contribution in [2.24, 2.45) is 5.73 Å². The molecule has 0 radical (unpaired) electrons. The summed E-state index contributed by atoms with van der Waals surface area (Å²) < 4.78 is 33.4. The summed E-state index contributed by atoms with van der Waals surface area (Å²) in [6.45, 7) is 3.00. The normalized spacial score (nSPS) is 30.2. The van der Waals surface area contributed by atoms with E-state index in [1.54, 1.807) is 0 Å². The first-order valence-corrected chi connectivity index (χ1v) is 7.07. The van der Waals surface area contributed by atoms with Crippen molar-refractivity contribution in [1.29, 1.82) is 0 Å². The molecule has 94 valence electrons. The molecule has 0 aromatic heterocycles. The summed E-state index contributed by atoms with van der Waals surface area (Å²) in [5, 5.41) is 0. The molecule has 2 aliphatic rings. The molecule has 1 saturated heterocycles. The Morgan fingerprint density at radius 3 is 2.75 bits per heavy atom. The lowest BCUT2D eigenvalue weighted by molar-refractivity contribution is -0.0123. The van der Waals surface area contributed by atoms with Crippen LogP contribution in [0.25, 0.3) is 0 Å². The predicted octanol–water partition coefficient (Wildman–Crippen LogP) is -0.969. The van der Waals surface area contributed by atoms with Crippen molar-refractivity contribution >= 4 is 10.2 Å². The highest BCUT2D eigenvalue weighted by Gasteiger charge is 2.34. The van der Waals surface area contributed by atoms with E-state index in [2.05, 4.69) is 4.72 Å². The van der Waals surface area contributed by atoms with Crippen LogP contribution in [0.1, 0.15) is 19.8 Å². The van der Waals surface area contributed by atoms with Crippen molar-refractivity contribution in [3.8, 4) is 0 Å². The van der Waals surface area contributed by atoms with E-state index in [4.69, 9.17) is 10.5 Å². The maximum absolute atomic E-state index is 11.9. The zero-order chi connectivity index (χ0) is 11.8. The van der Waals surface area contributed by atoms with Gasteiger partial charge in [0.1, 0.15) is 0 Å². The van der Waals surface area contributed by atoms with E-state index in [1.165, 1.54) is 4.31 Å². The molecule has 0 aromatic rings. The van der Waals surface area contributed by atoms with Crippen molar-refractivity contribution in [3.63, 3.8) is 0 Å². The fraction of sp³-hybridized carbons (Fsp3) is 1.00. The van der Waals surface area contributed by atoms with Crippen LogP contribution in [0.5, 0.6) is 0 Å². The second-order valence-electron chi connectivity index (χ2n) is 4.52. The van der Waals surface area contributed by atoms with Crippen LogP contribution in [0.4, 0.5) is 0 Å². The largest absolute Gasteiger partial charge is 0.374 e. The molecule has 0 aromatic carbocycles. The third-order valence-electron chi connectivity index (χ3n) is 2.88. The molecule has 0 bridgehead atoms. The van der Waals surface area contributed by atoms with Crippen molar-refractivity contribution < 1.29 is 13.2 Å². The van der Waals surface area contributed by atoms with Crippen molar-refractivity contribution in [3.05, 3.63) is 0 Å². The standard InChI is InChI=1S/C9H19N3O3S/c1-7(10)9-6-12(4-5-15-9)16(13,14)11-8-2-3-8/h7-9,11H,2-6,10H2,1H3. The van der Waals surface area contributed by atoms with Gasteiger partial charge in [-0.15, -0.1) is 0 Å². The summed E-state index contributed by atoms with van der Waals surface area (Å²) in [5.41, 5.74) is 5.72. The second-order valence-corrected chi connectivity index (χ2v) is 6.23. The molecule has 1 saturated carbocycles. The molecular formula is C9H19N3O3S. The number of rotatable bonds is 4. The zero-order valence-corrected chi connectivity index (χ0v) is 10.2. The molecule has 3 N–H and O–H groups in total. The molecule has 1 aliphatic heterocycles. The summed E-state index contributed by atoms with van der Waals surface area (Å²) in [5.74, 6) is 0. The van der Waals surface area contributed by atoms with Gasteiger partial charge in [0.15, 0.2) is 0 Å². The molecule has 1 heterocycles. The fourth-order valence-electron chi connectivity index (χ4n) is 1.67. The minimum Gasteiger partial charge on any atom is -0.374 e. The van der Waals surface area contributed by atoms with Crippen LogP contribution in [0.3, 0.4) is 0 Å². The Morgan fingerprint density at radius 2 is 2.19 bits per heavy atom. The highest BCUT2D eigenvalue weighted by molar-refractivity contribution is 7.87. The zero-order valence-electron chi connectivity index (χ0n) is 9.43. The van der Waals surface area contributed by atoms with Gasteiger partial charge in [0.05, 0.1) is 12.7 Å². The molecule has 2 rings (SSSR count). The van der Waals surface area contributed by atoms with E-state index in [0.29, 0.717) is 19.7 Å². The Labute approximate surface area is 96.3 Å². The number of hydrogen-bond acceptors (Lipinski definition) is 4. The minimum absolute atomic E-state index is 0.140. The van der Waals surface area contributed by atoms with Gasteiger partial charge in [0.2, 0.25) is 0 Å². The van der Waals surface area contributed by atoms with E-state index in [1.807, 2.05) is 6.92 Å². The number of ether oxygens (including phenoxy) is 1. The van der Waals surface area contributed by atoms with E-state index in [9.17, 15) is 8.42 Å². The Bertz CT molecular complexity index is 340. The molecular weight excluding hydrogens is 230 g/mol. The molecule has 0 spiro atoms. The van der Waals surface area contributed by atoms with Gasteiger partial charge in [-0.3, -0.25) is 0 Å². The maximum atomic E-state index is 11.9. The van der Waals surface area contributed by atoms with Gasteiger partial charge in [-0.1, -0.05) is 0 Å². The summed E-state index contributed by atoms with van der Waals surface area (Å²) in [4.78, 5) is 0. The Balaban J connectivity index is 1.97. The summed E-state index contributed by atoms with van der Waals surface area (Å²) in [6, 6.07) is -0.0134. The van der Waals surface area contributed by atoms with Gasteiger partial charge >= 0.3 is 0 Å². The van der Waals surface area contributed by atoms with Gasteiger partial charge in [-0.2, -0.15) is 17.4 Å². The van der Waals surface area contributed by atoms with Crippen LogP contribution >= 0.6 is 0 Å².